The largest absolute Gasteiger partial charge is 0.569 e. The van der Waals surface area contributed by atoms with Gasteiger partial charge in [0.2, 0.25) is 5.28 Å². The van der Waals surface area contributed by atoms with E-state index in [1.807, 2.05) is 11.6 Å². The highest BCUT2D eigenvalue weighted by atomic mass is 32.2. The quantitative estimate of drug-likeness (QED) is 0.104. The van der Waals surface area contributed by atoms with Gasteiger partial charge in [-0.3, -0.25) is 9.63 Å². The predicted molar refractivity (Wildman–Crippen MR) is 153 cm³/mol. The van der Waals surface area contributed by atoms with Gasteiger partial charge < -0.3 is 14.7 Å². The molecule has 1 unspecified atom stereocenters. The first-order valence-corrected chi connectivity index (χ1v) is 15.4. The normalized spacial score (nSPS) is 16.3. The van der Waals surface area contributed by atoms with Crippen LogP contribution in [0.5, 0.6) is 0 Å². The summed E-state index contributed by atoms with van der Waals surface area (Å²) in [6.45, 7) is 6.35. The van der Waals surface area contributed by atoms with Crippen LogP contribution in [0.25, 0.3) is 16.9 Å². The Morgan fingerprint density at radius 1 is 1.09 bits per heavy atom. The van der Waals surface area contributed by atoms with E-state index >= 15 is 0 Å². The molecule has 1 aliphatic heterocycles. The van der Waals surface area contributed by atoms with Crippen molar-refractivity contribution in [2.24, 2.45) is 5.28 Å². The number of carbonyl (C=O) groups excluding carboxylic acids is 2. The standard InChI is InChI=1S/C28H31F3N6O8S/c1-17(2)43-27(39)44-19(4)45-34-37(40)35-15-5-6-23(35)26(38)33-46(41,42)22-13-11-21(12-14-22)36-24(16-25(32-36)28(29,30)31)20-9-7-18(3)8-10-20/h7-14,16-17,19,23H,5-6,15H2,1-4H3,(H,33,38)/b37-34+/t19?,23-/m0/s1. The Morgan fingerprint density at radius 3 is 2.35 bits per heavy atom. The van der Waals surface area contributed by atoms with E-state index in [4.69, 9.17) is 14.3 Å². The monoisotopic (exact) mass is 668 g/mol. The Bertz CT molecular complexity index is 1690. The smallest absolute Gasteiger partial charge is 0.511 e. The maximum atomic E-state index is 13.5. The third-order valence-electron chi connectivity index (χ3n) is 6.58. The summed E-state index contributed by atoms with van der Waals surface area (Å²) < 4.78 is 79.2. The number of benzene rings is 2. The second kappa shape index (κ2) is 13.6. The molecule has 1 amide bonds. The van der Waals surface area contributed by atoms with E-state index in [1.165, 1.54) is 19.1 Å². The molecule has 0 bridgehead atoms. The van der Waals surface area contributed by atoms with Gasteiger partial charge in [-0.05, 0) is 63.9 Å². The third kappa shape index (κ3) is 8.23. The highest BCUT2D eigenvalue weighted by molar-refractivity contribution is 7.90. The first kappa shape index (κ1) is 34.0. The number of sulfonamides is 1. The lowest BCUT2D eigenvalue weighted by atomic mass is 10.1. The minimum atomic E-state index is -4.72. The van der Waals surface area contributed by atoms with Crippen LogP contribution < -0.4 is 4.72 Å². The molecule has 1 aromatic heterocycles. The zero-order valence-corrected chi connectivity index (χ0v) is 25.9. The van der Waals surface area contributed by atoms with Crippen LogP contribution in [0.1, 0.15) is 44.9 Å². The summed E-state index contributed by atoms with van der Waals surface area (Å²) in [6, 6.07) is 11.1. The third-order valence-corrected chi connectivity index (χ3v) is 7.94. The number of hydrazine groups is 1. The number of alkyl halides is 3. The lowest BCUT2D eigenvalue weighted by molar-refractivity contribution is -0.713. The van der Waals surface area contributed by atoms with Crippen molar-refractivity contribution >= 4 is 22.1 Å². The van der Waals surface area contributed by atoms with Gasteiger partial charge in [-0.15, -0.1) is 5.01 Å². The van der Waals surface area contributed by atoms with Crippen LogP contribution in [-0.4, -0.2) is 65.2 Å². The highest BCUT2D eigenvalue weighted by Crippen LogP contribution is 2.33. The molecule has 46 heavy (non-hydrogen) atoms. The molecule has 4 rings (SSSR count). The number of aromatic nitrogens is 2. The van der Waals surface area contributed by atoms with Crippen molar-refractivity contribution in [3.63, 3.8) is 0 Å². The van der Waals surface area contributed by atoms with E-state index < -0.39 is 52.4 Å². The number of amides is 1. The predicted octanol–water partition coefficient (Wildman–Crippen LogP) is 4.85. The minimum Gasteiger partial charge on any atom is -0.569 e. The molecule has 1 saturated heterocycles. The maximum absolute atomic E-state index is 13.5. The number of halogens is 3. The first-order chi connectivity index (χ1) is 21.5. The summed E-state index contributed by atoms with van der Waals surface area (Å²) >= 11 is 0. The molecule has 18 heteroatoms. The van der Waals surface area contributed by atoms with E-state index in [-0.39, 0.29) is 34.2 Å². The van der Waals surface area contributed by atoms with E-state index in [1.54, 1.807) is 38.1 Å². The van der Waals surface area contributed by atoms with Crippen molar-refractivity contribution in [2.45, 2.75) is 70.0 Å². The van der Waals surface area contributed by atoms with Crippen LogP contribution in [0.2, 0.25) is 0 Å². The van der Waals surface area contributed by atoms with Gasteiger partial charge in [-0.25, -0.2) is 22.6 Å². The van der Waals surface area contributed by atoms with Gasteiger partial charge in [0.05, 0.1) is 33.9 Å². The number of carbonyl (C=O) groups is 2. The van der Waals surface area contributed by atoms with Gasteiger partial charge in [0.1, 0.15) is 0 Å². The zero-order chi connectivity index (χ0) is 33.8. The fraction of sp³-hybridized carbons (Fsp3) is 0.393. The summed E-state index contributed by atoms with van der Waals surface area (Å²) in [7, 11) is -4.47. The number of hydrogen-bond acceptors (Lipinski definition) is 10. The number of aryl methyl sites for hydroxylation is 1. The molecule has 0 spiro atoms. The Labute approximate surface area is 261 Å². The summed E-state index contributed by atoms with van der Waals surface area (Å²) in [4.78, 5) is 28.9. The summed E-state index contributed by atoms with van der Waals surface area (Å²) in [5, 5.41) is 20.4. The second-order valence-electron chi connectivity index (χ2n) is 10.5. The van der Waals surface area contributed by atoms with Crippen LogP contribution in [0.3, 0.4) is 0 Å². The molecular weight excluding hydrogens is 637 g/mol. The summed E-state index contributed by atoms with van der Waals surface area (Å²) in [5.41, 5.74) is 0.495. The maximum Gasteiger partial charge on any atom is 0.511 e. The first-order valence-electron chi connectivity index (χ1n) is 13.9. The van der Waals surface area contributed by atoms with Crippen LogP contribution in [0, 0.1) is 12.1 Å². The van der Waals surface area contributed by atoms with Crippen molar-refractivity contribution in [1.29, 1.82) is 0 Å². The van der Waals surface area contributed by atoms with Crippen LogP contribution in [-0.2, 0) is 35.3 Å². The van der Waals surface area contributed by atoms with Gasteiger partial charge in [-0.1, -0.05) is 29.8 Å². The molecule has 248 valence electrons. The molecule has 3 aromatic rings. The number of hydrogen-bond donors (Lipinski definition) is 1. The van der Waals surface area contributed by atoms with Crippen molar-refractivity contribution in [1.82, 2.24) is 19.5 Å². The van der Waals surface area contributed by atoms with Gasteiger partial charge >= 0.3 is 12.3 Å². The number of rotatable bonds is 10. The Morgan fingerprint density at radius 2 is 1.74 bits per heavy atom. The SMILES string of the molecule is Cc1ccc(-c2cc(C(F)(F)F)nn2-c2ccc(S(=O)(=O)NC(=O)[C@@H]3CCCN3/[N+]([O-])=N\OC(C)OC(=O)OC(C)C)cc2)cc1. The van der Waals surface area contributed by atoms with Gasteiger partial charge in [0.15, 0.2) is 11.7 Å². The molecule has 2 aromatic carbocycles. The molecule has 1 fully saturated rings. The molecule has 1 N–H and O–H groups in total. The van der Waals surface area contributed by atoms with Crippen molar-refractivity contribution in [3.8, 4) is 16.9 Å². The summed E-state index contributed by atoms with van der Waals surface area (Å²) in [5.74, 6) is -1.02. The molecule has 2 heterocycles. The lowest BCUT2D eigenvalue weighted by Gasteiger charge is -2.20. The molecule has 0 aliphatic carbocycles. The summed E-state index contributed by atoms with van der Waals surface area (Å²) in [6.07, 6.45) is -7.07. The van der Waals surface area contributed by atoms with Crippen LogP contribution in [0.15, 0.2) is 64.8 Å². The lowest BCUT2D eigenvalue weighted by Crippen LogP contribution is -2.47. The fourth-order valence-corrected chi connectivity index (χ4v) is 5.44. The van der Waals surface area contributed by atoms with E-state index in [9.17, 15) is 36.4 Å². The van der Waals surface area contributed by atoms with Crippen molar-refractivity contribution < 1.29 is 50.5 Å². The molecule has 0 radical (unpaired) electrons. The van der Waals surface area contributed by atoms with Crippen LogP contribution in [0.4, 0.5) is 18.0 Å². The minimum absolute atomic E-state index is 0.0426. The average molecular weight is 669 g/mol. The molecule has 2 atom stereocenters. The van der Waals surface area contributed by atoms with Crippen LogP contribution >= 0.6 is 0 Å². The van der Waals surface area contributed by atoms with Crippen molar-refractivity contribution in [3.05, 3.63) is 71.1 Å². The topological polar surface area (TPSA) is 167 Å². The number of nitrogens with one attached hydrogen (secondary N) is 1. The Balaban J connectivity index is 1.47. The molecule has 0 saturated carbocycles. The molecule has 1 aliphatic rings. The van der Waals surface area contributed by atoms with Gasteiger partial charge in [-0.2, -0.15) is 18.3 Å². The Hall–Kier alpha value is -4.87. The average Bonchev–Trinajstić information content (AvgIpc) is 3.64. The highest BCUT2D eigenvalue weighted by Gasteiger charge is 2.39. The Kier molecular flexibility index (Phi) is 10.1. The molecule has 14 nitrogen and oxygen atoms in total. The van der Waals surface area contributed by atoms with E-state index in [2.05, 4.69) is 10.4 Å². The van der Waals surface area contributed by atoms with E-state index in [0.29, 0.717) is 12.0 Å². The fourth-order valence-electron chi connectivity index (χ4n) is 4.43. The number of nitrogens with zero attached hydrogens (tertiary/aromatic N) is 5. The van der Waals surface area contributed by atoms with E-state index in [0.717, 1.165) is 33.5 Å². The number of ether oxygens (including phenoxy) is 2. The van der Waals surface area contributed by atoms with Gasteiger partial charge in [0.25, 0.3) is 22.2 Å². The zero-order valence-electron chi connectivity index (χ0n) is 25.1. The van der Waals surface area contributed by atoms with Gasteiger partial charge in [0, 0.05) is 12.5 Å². The second-order valence-corrected chi connectivity index (χ2v) is 12.2. The molecular formula is C28H31F3N6O8S. The van der Waals surface area contributed by atoms with Crippen molar-refractivity contribution in [2.75, 3.05) is 6.54 Å².